The number of benzene rings is 1. The lowest BCUT2D eigenvalue weighted by atomic mass is 10.1. The molecule has 1 aromatic rings. The van der Waals surface area contributed by atoms with Crippen LogP contribution >= 0.6 is 0 Å². The number of aliphatic hydroxyl groups is 1. The lowest BCUT2D eigenvalue weighted by Gasteiger charge is -2.17. The number of likely N-dealkylation sites (N-methyl/N-ethyl adjacent to an activating group) is 2. The Balaban J connectivity index is 2.87. The van der Waals surface area contributed by atoms with E-state index in [1.165, 1.54) is 4.90 Å². The van der Waals surface area contributed by atoms with E-state index in [2.05, 4.69) is 17.2 Å². The van der Waals surface area contributed by atoms with Gasteiger partial charge in [-0.15, -0.1) is 0 Å². The number of carbonyl (C=O) groups excluding carboxylic acids is 2. The molecule has 0 unspecified atom stereocenters. The molecule has 0 aliphatic rings. The summed E-state index contributed by atoms with van der Waals surface area (Å²) in [7, 11) is 1.58. The summed E-state index contributed by atoms with van der Waals surface area (Å²) in [5.41, 5.74) is 1.05. The summed E-state index contributed by atoms with van der Waals surface area (Å²) in [6.07, 6.45) is 0.358. The highest BCUT2D eigenvalue weighted by Gasteiger charge is 2.16. The third kappa shape index (κ3) is 5.28. The predicted octanol–water partition coefficient (Wildman–Crippen LogP) is 0.629. The van der Waals surface area contributed by atoms with Gasteiger partial charge in [-0.25, -0.2) is 0 Å². The molecule has 0 aliphatic carbocycles. The second-order valence-electron chi connectivity index (χ2n) is 4.44. The molecule has 0 spiro atoms. The lowest BCUT2D eigenvalue weighted by Crippen LogP contribution is -2.38. The van der Waals surface area contributed by atoms with Gasteiger partial charge in [0.25, 0.3) is 5.91 Å². The van der Waals surface area contributed by atoms with Gasteiger partial charge in [-0.05, 0) is 19.1 Å². The van der Waals surface area contributed by atoms with Crippen molar-refractivity contribution in [2.45, 2.75) is 13.3 Å². The molecule has 21 heavy (non-hydrogen) atoms. The van der Waals surface area contributed by atoms with Crippen LogP contribution in [0.2, 0.25) is 0 Å². The Bertz CT molecular complexity index is 558. The molecule has 2 amide bonds. The van der Waals surface area contributed by atoms with Crippen LogP contribution in [0.1, 0.15) is 29.3 Å². The summed E-state index contributed by atoms with van der Waals surface area (Å²) >= 11 is 0. The number of carbonyl (C=O) groups is 2. The fourth-order valence-corrected chi connectivity index (χ4v) is 1.74. The van der Waals surface area contributed by atoms with E-state index >= 15 is 0 Å². The van der Waals surface area contributed by atoms with Crippen LogP contribution in [0.3, 0.4) is 0 Å². The molecule has 0 heterocycles. The Kier molecular flexibility index (Phi) is 6.99. The maximum atomic E-state index is 12.4. The monoisotopic (exact) mass is 288 g/mol. The summed E-state index contributed by atoms with van der Waals surface area (Å²) in [5.74, 6) is 5.22. The van der Waals surface area contributed by atoms with Crippen LogP contribution in [0.15, 0.2) is 24.3 Å². The Morgan fingerprint density at radius 3 is 2.71 bits per heavy atom. The number of hydrogen-bond donors (Lipinski definition) is 2. The van der Waals surface area contributed by atoms with E-state index in [1.54, 1.807) is 31.3 Å². The first-order valence-corrected chi connectivity index (χ1v) is 6.81. The van der Waals surface area contributed by atoms with Gasteiger partial charge in [-0.3, -0.25) is 9.59 Å². The van der Waals surface area contributed by atoms with Gasteiger partial charge in [0.2, 0.25) is 5.91 Å². The Morgan fingerprint density at radius 1 is 1.33 bits per heavy atom. The first-order chi connectivity index (χ1) is 10.1. The lowest BCUT2D eigenvalue weighted by molar-refractivity contribution is -0.121. The van der Waals surface area contributed by atoms with Crippen LogP contribution < -0.4 is 5.32 Å². The van der Waals surface area contributed by atoms with Crippen molar-refractivity contribution in [3.63, 3.8) is 0 Å². The zero-order valence-corrected chi connectivity index (χ0v) is 12.3. The molecule has 0 saturated heterocycles. The Labute approximate surface area is 125 Å². The Hall–Kier alpha value is -2.32. The van der Waals surface area contributed by atoms with E-state index in [9.17, 15) is 9.59 Å². The number of hydrogen-bond acceptors (Lipinski definition) is 3. The second kappa shape index (κ2) is 8.77. The van der Waals surface area contributed by atoms with Crippen LogP contribution in [-0.4, -0.2) is 48.6 Å². The van der Waals surface area contributed by atoms with E-state index < -0.39 is 0 Å². The molecule has 0 saturated carbocycles. The van der Waals surface area contributed by atoms with Crippen LogP contribution in [0, 0.1) is 11.8 Å². The van der Waals surface area contributed by atoms with Gasteiger partial charge in [0.1, 0.15) is 0 Å². The number of nitrogens with zero attached hydrogens (tertiary/aromatic N) is 1. The first kappa shape index (κ1) is 16.7. The van der Waals surface area contributed by atoms with Crippen LogP contribution in [-0.2, 0) is 4.79 Å². The molecule has 5 heteroatoms. The third-order valence-electron chi connectivity index (χ3n) is 2.72. The molecule has 1 aromatic carbocycles. The number of aliphatic hydroxyl groups excluding tert-OH is 1. The van der Waals surface area contributed by atoms with Crippen molar-refractivity contribution in [3.05, 3.63) is 35.4 Å². The molecule has 1 rings (SSSR count). The molecule has 0 bridgehead atoms. The maximum Gasteiger partial charge on any atom is 0.255 e. The van der Waals surface area contributed by atoms with Gasteiger partial charge in [-0.1, -0.05) is 24.0 Å². The standard InChI is InChI=1S/C16H20N2O3/c1-3-17-15(20)12-18(2)16(21)14-10-5-4-8-13(14)9-6-7-11-19/h4-5,8,10,19H,3,7,11-12H2,1-2H3,(H,17,20). The molecule has 5 nitrogen and oxygen atoms in total. The van der Waals surface area contributed by atoms with Crippen LogP contribution in [0.25, 0.3) is 0 Å². The zero-order chi connectivity index (χ0) is 15.7. The molecule has 0 atom stereocenters. The van der Waals surface area contributed by atoms with Crippen LogP contribution in [0.5, 0.6) is 0 Å². The third-order valence-corrected chi connectivity index (χ3v) is 2.72. The van der Waals surface area contributed by atoms with E-state index in [4.69, 9.17) is 5.11 Å². The average Bonchev–Trinajstić information content (AvgIpc) is 2.47. The topological polar surface area (TPSA) is 69.6 Å². The van der Waals surface area contributed by atoms with Crippen molar-refractivity contribution in [1.29, 1.82) is 0 Å². The summed E-state index contributed by atoms with van der Waals surface area (Å²) in [6.45, 7) is 2.35. The van der Waals surface area contributed by atoms with Crippen molar-refractivity contribution in [2.24, 2.45) is 0 Å². The van der Waals surface area contributed by atoms with Crippen molar-refractivity contribution >= 4 is 11.8 Å². The number of nitrogens with one attached hydrogen (secondary N) is 1. The molecule has 0 aromatic heterocycles. The van der Waals surface area contributed by atoms with Gasteiger partial charge in [0.05, 0.1) is 18.7 Å². The average molecular weight is 288 g/mol. The van der Waals surface area contributed by atoms with E-state index in [0.29, 0.717) is 24.1 Å². The SMILES string of the molecule is CCNC(=O)CN(C)C(=O)c1ccccc1C#CCCO. The van der Waals surface area contributed by atoms with Gasteiger partial charge in [0.15, 0.2) is 0 Å². The molecular formula is C16H20N2O3. The smallest absolute Gasteiger partial charge is 0.255 e. The minimum atomic E-state index is -0.254. The summed E-state index contributed by atoms with van der Waals surface area (Å²) in [4.78, 5) is 25.2. The highest BCUT2D eigenvalue weighted by molar-refractivity contribution is 5.98. The Morgan fingerprint density at radius 2 is 2.05 bits per heavy atom. The molecule has 0 radical (unpaired) electrons. The summed E-state index contributed by atoms with van der Waals surface area (Å²) < 4.78 is 0. The van der Waals surface area contributed by atoms with Gasteiger partial charge in [0, 0.05) is 25.6 Å². The normalized spacial score (nSPS) is 9.48. The number of rotatable bonds is 5. The largest absolute Gasteiger partial charge is 0.395 e. The minimum Gasteiger partial charge on any atom is -0.395 e. The second-order valence-corrected chi connectivity index (χ2v) is 4.44. The minimum absolute atomic E-state index is 0.00504. The molecule has 0 fully saturated rings. The molecule has 0 aliphatic heterocycles. The molecule has 2 N–H and O–H groups in total. The van der Waals surface area contributed by atoms with E-state index in [-0.39, 0.29) is 25.0 Å². The van der Waals surface area contributed by atoms with Gasteiger partial charge >= 0.3 is 0 Å². The first-order valence-electron chi connectivity index (χ1n) is 6.81. The van der Waals surface area contributed by atoms with Crippen molar-refractivity contribution < 1.29 is 14.7 Å². The summed E-state index contributed by atoms with van der Waals surface area (Å²) in [5, 5.41) is 11.4. The molecular weight excluding hydrogens is 268 g/mol. The highest BCUT2D eigenvalue weighted by atomic mass is 16.2. The van der Waals surface area contributed by atoms with E-state index in [1.807, 2.05) is 6.92 Å². The quantitative estimate of drug-likeness (QED) is 0.781. The van der Waals surface area contributed by atoms with Crippen molar-refractivity contribution in [3.8, 4) is 11.8 Å². The summed E-state index contributed by atoms with van der Waals surface area (Å²) in [6, 6.07) is 6.98. The molecule has 112 valence electrons. The van der Waals surface area contributed by atoms with E-state index in [0.717, 1.165) is 0 Å². The van der Waals surface area contributed by atoms with Gasteiger partial charge in [-0.2, -0.15) is 0 Å². The fraction of sp³-hybridized carbons (Fsp3) is 0.375. The fourth-order valence-electron chi connectivity index (χ4n) is 1.74. The zero-order valence-electron chi connectivity index (χ0n) is 12.3. The van der Waals surface area contributed by atoms with Gasteiger partial charge < -0.3 is 15.3 Å². The van der Waals surface area contributed by atoms with Crippen LogP contribution in [0.4, 0.5) is 0 Å². The highest BCUT2D eigenvalue weighted by Crippen LogP contribution is 2.10. The number of amides is 2. The predicted molar refractivity (Wildman–Crippen MR) is 80.7 cm³/mol. The maximum absolute atomic E-state index is 12.4. The van der Waals surface area contributed by atoms with Crippen molar-refractivity contribution in [2.75, 3.05) is 26.7 Å². The van der Waals surface area contributed by atoms with Crippen molar-refractivity contribution in [1.82, 2.24) is 10.2 Å².